The number of nitrogens with zero attached hydrogens (tertiary/aromatic N) is 2. The molecule has 0 unspecified atom stereocenters. The number of aromatic amines is 1. The van der Waals surface area contributed by atoms with E-state index in [9.17, 15) is 13.6 Å². The summed E-state index contributed by atoms with van der Waals surface area (Å²) in [6.07, 6.45) is 4.74. The molecular weight excluding hydrogens is 384 g/mol. The van der Waals surface area contributed by atoms with Gasteiger partial charge in [0, 0.05) is 17.2 Å². The first-order valence-corrected chi connectivity index (χ1v) is 8.16. The van der Waals surface area contributed by atoms with Crippen LogP contribution in [0.15, 0.2) is 17.7 Å². The molecule has 0 radical (unpaired) electrons. The molecule has 0 fully saturated rings. The molecule has 1 aromatic heterocycles. The lowest BCUT2D eigenvalue weighted by atomic mass is 10.1. The van der Waals surface area contributed by atoms with Crippen LogP contribution in [-0.2, 0) is 4.74 Å². The van der Waals surface area contributed by atoms with Gasteiger partial charge < -0.3 is 14.6 Å². The first-order valence-electron chi connectivity index (χ1n) is 7.03. The number of hydrogen-bond donors (Lipinski definition) is 1. The Hall–Kier alpha value is -1.82. The second-order valence-electron chi connectivity index (χ2n) is 5.03. The summed E-state index contributed by atoms with van der Waals surface area (Å²) in [5.41, 5.74) is 0.239. The van der Waals surface area contributed by atoms with Crippen molar-refractivity contribution < 1.29 is 18.3 Å². The summed E-state index contributed by atoms with van der Waals surface area (Å²) in [6.45, 7) is -2.69. The number of aromatic nitrogens is 1. The molecule has 0 amide bonds. The number of Topliss-reactive ketones (excluding diaryl/α,β-unsaturated/α-hetero) is 1. The standard InChI is InChI=1S/C16H18BrF2N3O2/c1-22(2)7-4-12(10-20)15(23)14-9-11(5-8-24-16(18)19)13(21-14)3-6-17/h3-5,9,16,21H,6-8H2,1-2H3/b11-5-,12-4+,13-3+. The molecule has 0 saturated heterocycles. The number of allylic oxidation sites excluding steroid dienone is 1. The predicted molar refractivity (Wildman–Crippen MR) is 91.3 cm³/mol. The third kappa shape index (κ3) is 6.35. The Bertz CT molecular complexity index is 748. The van der Waals surface area contributed by atoms with Gasteiger partial charge in [0.2, 0.25) is 5.78 Å². The first-order chi connectivity index (χ1) is 11.4. The zero-order chi connectivity index (χ0) is 18.1. The molecule has 1 N–H and O–H groups in total. The van der Waals surface area contributed by atoms with E-state index < -0.39 is 12.4 Å². The van der Waals surface area contributed by atoms with Crippen LogP contribution in [0, 0.1) is 11.3 Å². The summed E-state index contributed by atoms with van der Waals surface area (Å²) in [5, 5.41) is 10.8. The van der Waals surface area contributed by atoms with Gasteiger partial charge in [0.25, 0.3) is 0 Å². The average Bonchev–Trinajstić information content (AvgIpc) is 2.90. The smallest absolute Gasteiger partial charge is 0.345 e. The monoisotopic (exact) mass is 401 g/mol. The highest BCUT2D eigenvalue weighted by Gasteiger charge is 2.14. The second kappa shape index (κ2) is 10.1. The van der Waals surface area contributed by atoms with Gasteiger partial charge >= 0.3 is 6.61 Å². The molecule has 0 aromatic carbocycles. The van der Waals surface area contributed by atoms with Crippen LogP contribution < -0.4 is 10.6 Å². The molecule has 0 spiro atoms. The summed E-state index contributed by atoms with van der Waals surface area (Å²) in [5.74, 6) is -0.446. The molecule has 0 atom stereocenters. The lowest BCUT2D eigenvalue weighted by molar-refractivity contribution is -0.116. The molecule has 8 heteroatoms. The zero-order valence-electron chi connectivity index (χ0n) is 13.4. The van der Waals surface area contributed by atoms with E-state index >= 15 is 0 Å². The molecule has 24 heavy (non-hydrogen) atoms. The number of halogens is 3. The maximum absolute atomic E-state index is 12.4. The zero-order valence-corrected chi connectivity index (χ0v) is 14.9. The van der Waals surface area contributed by atoms with Crippen molar-refractivity contribution in [3.05, 3.63) is 34.0 Å². The largest absolute Gasteiger partial charge is 0.352 e. The van der Waals surface area contributed by atoms with Crippen LogP contribution in [0.2, 0.25) is 0 Å². The van der Waals surface area contributed by atoms with Crippen molar-refractivity contribution in [1.29, 1.82) is 5.26 Å². The van der Waals surface area contributed by atoms with Crippen molar-refractivity contribution >= 4 is 33.9 Å². The topological polar surface area (TPSA) is 69.1 Å². The van der Waals surface area contributed by atoms with E-state index in [1.807, 2.05) is 25.1 Å². The molecule has 1 rings (SSSR count). The Morgan fingerprint density at radius 2 is 2.21 bits per heavy atom. The van der Waals surface area contributed by atoms with Crippen molar-refractivity contribution in [2.75, 3.05) is 32.6 Å². The van der Waals surface area contributed by atoms with Gasteiger partial charge in [0.1, 0.15) is 6.07 Å². The number of alkyl halides is 3. The van der Waals surface area contributed by atoms with Crippen LogP contribution >= 0.6 is 15.9 Å². The molecule has 130 valence electrons. The Morgan fingerprint density at radius 1 is 1.50 bits per heavy atom. The molecule has 0 saturated carbocycles. The highest BCUT2D eigenvalue weighted by atomic mass is 79.9. The number of likely N-dealkylation sites (N-methyl/N-ethyl adjacent to an activating group) is 1. The van der Waals surface area contributed by atoms with Gasteiger partial charge in [-0.3, -0.25) is 4.79 Å². The van der Waals surface area contributed by atoms with Crippen LogP contribution in [0.5, 0.6) is 0 Å². The Balaban J connectivity index is 3.17. The van der Waals surface area contributed by atoms with Gasteiger partial charge in [-0.05, 0) is 43.6 Å². The fourth-order valence-electron chi connectivity index (χ4n) is 1.84. The quantitative estimate of drug-likeness (QED) is 0.309. The first kappa shape index (κ1) is 20.2. The minimum absolute atomic E-state index is 0.0192. The normalized spacial score (nSPS) is 13.8. The number of carbonyl (C=O) groups excluding carboxylic acids is 1. The van der Waals surface area contributed by atoms with E-state index in [-0.39, 0.29) is 17.9 Å². The van der Waals surface area contributed by atoms with E-state index in [1.165, 1.54) is 12.1 Å². The van der Waals surface area contributed by atoms with Gasteiger partial charge in [0.15, 0.2) is 0 Å². The summed E-state index contributed by atoms with van der Waals surface area (Å²) in [4.78, 5) is 17.1. The van der Waals surface area contributed by atoms with E-state index in [2.05, 4.69) is 25.7 Å². The fourth-order valence-corrected chi connectivity index (χ4v) is 2.17. The third-order valence-electron chi connectivity index (χ3n) is 2.96. The number of nitriles is 1. The van der Waals surface area contributed by atoms with Gasteiger partial charge in [-0.15, -0.1) is 0 Å². The molecule has 0 bridgehead atoms. The molecule has 5 nitrogen and oxygen atoms in total. The minimum atomic E-state index is -2.86. The molecule has 0 aliphatic carbocycles. The van der Waals surface area contributed by atoms with Gasteiger partial charge in [-0.25, -0.2) is 0 Å². The van der Waals surface area contributed by atoms with Gasteiger partial charge in [-0.1, -0.05) is 15.9 Å². The number of H-pyrrole nitrogens is 1. The van der Waals surface area contributed by atoms with Crippen LogP contribution in [0.3, 0.4) is 0 Å². The van der Waals surface area contributed by atoms with E-state index in [0.717, 1.165) is 0 Å². The summed E-state index contributed by atoms with van der Waals surface area (Å²) < 4.78 is 28.3. The Kier molecular flexibility index (Phi) is 8.54. The van der Waals surface area contributed by atoms with Crippen LogP contribution in [0.25, 0.3) is 12.2 Å². The van der Waals surface area contributed by atoms with Crippen molar-refractivity contribution in [1.82, 2.24) is 9.88 Å². The van der Waals surface area contributed by atoms with Crippen molar-refractivity contribution in [3.8, 4) is 6.07 Å². The lowest BCUT2D eigenvalue weighted by Gasteiger charge is -2.04. The Morgan fingerprint density at radius 3 is 2.75 bits per heavy atom. The number of carbonyl (C=O) groups is 1. The maximum Gasteiger partial charge on any atom is 0.345 e. The number of ether oxygens (including phenoxy) is 1. The summed E-state index contributed by atoms with van der Waals surface area (Å²) in [6, 6.07) is 3.41. The lowest BCUT2D eigenvalue weighted by Crippen LogP contribution is -2.23. The molecule has 0 aliphatic rings. The van der Waals surface area contributed by atoms with Crippen LogP contribution in [0.1, 0.15) is 10.5 Å². The molecular formula is C16H18BrF2N3O2. The van der Waals surface area contributed by atoms with Crippen molar-refractivity contribution in [2.45, 2.75) is 6.61 Å². The SMILES string of the molecule is CN(C)C/C=C(\C#N)C(=O)c1cc(=C/COC(F)F)/c(=C\CBr)[nH]1. The minimum Gasteiger partial charge on any atom is -0.352 e. The average molecular weight is 402 g/mol. The Labute approximate surface area is 147 Å². The maximum atomic E-state index is 12.4. The fraction of sp³-hybridized carbons (Fsp3) is 0.375. The number of rotatable bonds is 8. The van der Waals surface area contributed by atoms with Gasteiger partial charge in [-0.2, -0.15) is 14.0 Å². The van der Waals surface area contributed by atoms with Crippen LogP contribution in [-0.4, -0.2) is 54.9 Å². The van der Waals surface area contributed by atoms with E-state index in [4.69, 9.17) is 5.26 Å². The van der Waals surface area contributed by atoms with Gasteiger partial charge in [0.05, 0.1) is 17.9 Å². The van der Waals surface area contributed by atoms with Crippen molar-refractivity contribution in [3.63, 3.8) is 0 Å². The van der Waals surface area contributed by atoms with Crippen molar-refractivity contribution in [2.24, 2.45) is 0 Å². The van der Waals surface area contributed by atoms with E-state index in [1.54, 1.807) is 12.2 Å². The molecule has 1 aromatic rings. The summed E-state index contributed by atoms with van der Waals surface area (Å²) >= 11 is 3.25. The second-order valence-corrected chi connectivity index (χ2v) is 5.68. The number of ketones is 1. The van der Waals surface area contributed by atoms with E-state index in [0.29, 0.717) is 22.4 Å². The number of hydrogen-bond acceptors (Lipinski definition) is 4. The predicted octanol–water partition coefficient (Wildman–Crippen LogP) is 1.40. The summed E-state index contributed by atoms with van der Waals surface area (Å²) in [7, 11) is 3.65. The highest BCUT2D eigenvalue weighted by Crippen LogP contribution is 2.03. The number of nitrogens with one attached hydrogen (secondary N) is 1. The highest BCUT2D eigenvalue weighted by molar-refractivity contribution is 9.09. The molecule has 1 heterocycles. The third-order valence-corrected chi connectivity index (χ3v) is 3.28. The molecule has 0 aliphatic heterocycles. The van der Waals surface area contributed by atoms with Crippen LogP contribution in [0.4, 0.5) is 8.78 Å².